The van der Waals surface area contributed by atoms with Gasteiger partial charge in [0.2, 0.25) is 10.0 Å². The van der Waals surface area contributed by atoms with Crippen LogP contribution in [0.4, 0.5) is 5.82 Å². The minimum Gasteiger partial charge on any atom is -0.391 e. The van der Waals surface area contributed by atoms with Gasteiger partial charge in [-0.15, -0.1) is 0 Å². The lowest BCUT2D eigenvalue weighted by Crippen LogP contribution is -2.42. The maximum absolute atomic E-state index is 12.5. The van der Waals surface area contributed by atoms with Gasteiger partial charge in [0.1, 0.15) is 4.90 Å². The Bertz CT molecular complexity index is 596. The number of hydrogen-bond acceptors (Lipinski definition) is 6. The van der Waals surface area contributed by atoms with Crippen LogP contribution in [0.1, 0.15) is 32.1 Å². The predicted molar refractivity (Wildman–Crippen MR) is 82.9 cm³/mol. The number of rotatable bonds is 4. The molecule has 21 heavy (non-hydrogen) atoms. The smallest absolute Gasteiger partial charge is 0.244 e. The Kier molecular flexibility index (Phi) is 5.55. The zero-order valence-corrected chi connectivity index (χ0v) is 13.8. The summed E-state index contributed by atoms with van der Waals surface area (Å²) in [4.78, 5) is 3.88. The number of hydrogen-bond donors (Lipinski definition) is 4. The number of sulfonamides is 1. The second kappa shape index (κ2) is 7.01. The highest BCUT2D eigenvalue weighted by molar-refractivity contribution is 9.10. The van der Waals surface area contributed by atoms with E-state index in [0.717, 1.165) is 19.3 Å². The van der Waals surface area contributed by atoms with Gasteiger partial charge in [0.15, 0.2) is 5.82 Å². The normalized spacial score (nSPS) is 23.6. The van der Waals surface area contributed by atoms with Crippen molar-refractivity contribution < 1.29 is 13.5 Å². The van der Waals surface area contributed by atoms with Crippen LogP contribution in [-0.4, -0.2) is 30.7 Å². The van der Waals surface area contributed by atoms with Crippen LogP contribution >= 0.6 is 15.9 Å². The average Bonchev–Trinajstić information content (AvgIpc) is 2.64. The molecule has 9 heteroatoms. The highest BCUT2D eigenvalue weighted by atomic mass is 79.9. The van der Waals surface area contributed by atoms with Crippen molar-refractivity contribution >= 4 is 31.8 Å². The first-order valence-electron chi connectivity index (χ1n) is 6.76. The molecule has 2 unspecified atom stereocenters. The van der Waals surface area contributed by atoms with Crippen molar-refractivity contribution in [2.75, 3.05) is 5.43 Å². The molecule has 118 valence electrons. The SMILES string of the molecule is NNc1ncc(Br)cc1S(=O)(=O)NC1CCCCCC1O. The van der Waals surface area contributed by atoms with E-state index < -0.39 is 22.2 Å². The number of nitrogens with two attached hydrogens (primary N) is 1. The average molecular weight is 379 g/mol. The van der Waals surface area contributed by atoms with Crippen molar-refractivity contribution in [2.24, 2.45) is 5.84 Å². The summed E-state index contributed by atoms with van der Waals surface area (Å²) in [5.74, 6) is 5.38. The zero-order valence-electron chi connectivity index (χ0n) is 11.4. The van der Waals surface area contributed by atoms with Crippen molar-refractivity contribution in [3.63, 3.8) is 0 Å². The van der Waals surface area contributed by atoms with Crippen molar-refractivity contribution in [3.05, 3.63) is 16.7 Å². The molecule has 1 aromatic heterocycles. The van der Waals surface area contributed by atoms with E-state index in [4.69, 9.17) is 5.84 Å². The van der Waals surface area contributed by atoms with Gasteiger partial charge in [0.05, 0.1) is 6.10 Å². The molecule has 0 bridgehead atoms. The fourth-order valence-corrected chi connectivity index (χ4v) is 4.35. The summed E-state index contributed by atoms with van der Waals surface area (Å²) in [5.41, 5.74) is 2.28. The molecule has 1 aromatic rings. The van der Waals surface area contributed by atoms with Gasteiger partial charge in [-0.05, 0) is 34.8 Å². The lowest BCUT2D eigenvalue weighted by atomic mass is 10.1. The van der Waals surface area contributed by atoms with Gasteiger partial charge in [0.25, 0.3) is 0 Å². The molecule has 0 aromatic carbocycles. The van der Waals surface area contributed by atoms with E-state index in [0.29, 0.717) is 17.3 Å². The number of nitrogens with zero attached hydrogens (tertiary/aromatic N) is 1. The molecular formula is C12H19BrN4O3S. The van der Waals surface area contributed by atoms with Crippen molar-refractivity contribution in [2.45, 2.75) is 49.1 Å². The molecule has 2 atom stereocenters. The number of hydrazine groups is 1. The Labute approximate surface area is 132 Å². The molecule has 5 N–H and O–H groups in total. The van der Waals surface area contributed by atoms with Gasteiger partial charge in [0, 0.05) is 16.7 Å². The Hall–Kier alpha value is -0.740. The number of nitrogens with one attached hydrogen (secondary N) is 2. The second-order valence-electron chi connectivity index (χ2n) is 5.08. The van der Waals surface area contributed by atoms with E-state index in [9.17, 15) is 13.5 Å². The van der Waals surface area contributed by atoms with E-state index >= 15 is 0 Å². The Balaban J connectivity index is 2.27. The Morgan fingerprint density at radius 3 is 2.76 bits per heavy atom. The summed E-state index contributed by atoms with van der Waals surface area (Å²) in [7, 11) is -3.82. The third-order valence-electron chi connectivity index (χ3n) is 3.53. The van der Waals surface area contributed by atoms with Crippen LogP contribution in [0.3, 0.4) is 0 Å². The number of pyridine rings is 1. The molecule has 1 aliphatic carbocycles. The van der Waals surface area contributed by atoms with Crippen LogP contribution in [0.25, 0.3) is 0 Å². The van der Waals surface area contributed by atoms with Crippen LogP contribution in [-0.2, 0) is 10.0 Å². The maximum atomic E-state index is 12.5. The molecule has 1 heterocycles. The van der Waals surface area contributed by atoms with E-state index in [-0.39, 0.29) is 10.7 Å². The fourth-order valence-electron chi connectivity index (χ4n) is 2.42. The zero-order chi connectivity index (χ0) is 15.5. The summed E-state index contributed by atoms with van der Waals surface area (Å²) >= 11 is 3.19. The molecular weight excluding hydrogens is 360 g/mol. The van der Waals surface area contributed by atoms with Crippen molar-refractivity contribution in [3.8, 4) is 0 Å². The molecule has 1 saturated carbocycles. The van der Waals surface area contributed by atoms with Crippen LogP contribution in [0.5, 0.6) is 0 Å². The maximum Gasteiger partial charge on any atom is 0.244 e. The summed E-state index contributed by atoms with van der Waals surface area (Å²) in [6.45, 7) is 0. The monoisotopic (exact) mass is 378 g/mol. The summed E-state index contributed by atoms with van der Waals surface area (Å²) in [5, 5.41) is 10.0. The largest absolute Gasteiger partial charge is 0.391 e. The van der Waals surface area contributed by atoms with Crippen LogP contribution < -0.4 is 16.0 Å². The molecule has 0 radical (unpaired) electrons. The summed E-state index contributed by atoms with van der Waals surface area (Å²) in [6, 6.07) is 0.940. The second-order valence-corrected chi connectivity index (χ2v) is 7.68. The van der Waals surface area contributed by atoms with Gasteiger partial charge in [-0.25, -0.2) is 24.0 Å². The number of nitrogen functional groups attached to an aromatic ring is 1. The van der Waals surface area contributed by atoms with E-state index in [1.165, 1.54) is 12.3 Å². The quantitative estimate of drug-likeness (QED) is 0.354. The molecule has 0 spiro atoms. The Morgan fingerprint density at radius 1 is 1.33 bits per heavy atom. The molecule has 0 aliphatic heterocycles. The Morgan fingerprint density at radius 2 is 2.05 bits per heavy atom. The lowest BCUT2D eigenvalue weighted by molar-refractivity contribution is 0.130. The third-order valence-corrected chi connectivity index (χ3v) is 5.47. The highest BCUT2D eigenvalue weighted by Crippen LogP contribution is 2.24. The molecule has 0 saturated heterocycles. The molecule has 2 rings (SSSR count). The molecule has 1 aliphatic rings. The van der Waals surface area contributed by atoms with E-state index in [1.807, 2.05) is 0 Å². The molecule has 7 nitrogen and oxygen atoms in total. The fraction of sp³-hybridized carbons (Fsp3) is 0.583. The van der Waals surface area contributed by atoms with Gasteiger partial charge in [-0.1, -0.05) is 19.3 Å². The number of aliphatic hydroxyl groups excluding tert-OH is 1. The van der Waals surface area contributed by atoms with Gasteiger partial charge in [-0.3, -0.25) is 0 Å². The predicted octanol–water partition coefficient (Wildman–Crippen LogP) is 1.10. The van der Waals surface area contributed by atoms with Crippen LogP contribution in [0.2, 0.25) is 0 Å². The first kappa shape index (κ1) is 16.6. The first-order valence-corrected chi connectivity index (χ1v) is 9.04. The third kappa shape index (κ3) is 4.13. The number of aliphatic hydroxyl groups is 1. The van der Waals surface area contributed by atoms with E-state index in [2.05, 4.69) is 31.1 Å². The van der Waals surface area contributed by atoms with Gasteiger partial charge in [-0.2, -0.15) is 0 Å². The van der Waals surface area contributed by atoms with Crippen molar-refractivity contribution in [1.29, 1.82) is 0 Å². The summed E-state index contributed by atoms with van der Waals surface area (Å²) < 4.78 is 28.1. The molecule has 1 fully saturated rings. The van der Waals surface area contributed by atoms with Crippen LogP contribution in [0, 0.1) is 0 Å². The standard InChI is InChI=1S/C12H19BrN4O3S/c13-8-6-11(12(16-14)15-7-8)21(19,20)17-9-4-2-1-3-5-10(9)18/h6-7,9-10,17-18H,1-5,14H2,(H,15,16). The molecule has 0 amide bonds. The first-order chi connectivity index (χ1) is 9.94. The number of aromatic nitrogens is 1. The minimum atomic E-state index is -3.82. The number of halogens is 1. The van der Waals surface area contributed by atoms with Crippen LogP contribution in [0.15, 0.2) is 21.6 Å². The van der Waals surface area contributed by atoms with Crippen molar-refractivity contribution in [1.82, 2.24) is 9.71 Å². The van der Waals surface area contributed by atoms with Gasteiger partial charge < -0.3 is 10.5 Å². The number of anilines is 1. The highest BCUT2D eigenvalue weighted by Gasteiger charge is 2.29. The van der Waals surface area contributed by atoms with Gasteiger partial charge >= 0.3 is 0 Å². The minimum absolute atomic E-state index is 0.0455. The topological polar surface area (TPSA) is 117 Å². The summed E-state index contributed by atoms with van der Waals surface area (Å²) in [6.07, 6.45) is 4.81. The lowest BCUT2D eigenvalue weighted by Gasteiger charge is -2.22. The van der Waals surface area contributed by atoms with E-state index in [1.54, 1.807) is 0 Å².